The molecule has 2 aromatic heterocycles. The van der Waals surface area contributed by atoms with Gasteiger partial charge in [0.15, 0.2) is 5.69 Å². The molecular formula is C27H33N5O. The number of fused-ring (bicyclic) bond motifs is 1. The normalized spacial score (nSPS) is 19.2. The van der Waals surface area contributed by atoms with Crippen molar-refractivity contribution in [2.45, 2.75) is 62.9 Å². The zero-order valence-corrected chi connectivity index (χ0v) is 19.4. The minimum Gasteiger partial charge on any atom is -0.347 e. The van der Waals surface area contributed by atoms with E-state index in [0.29, 0.717) is 18.3 Å². The lowest BCUT2D eigenvalue weighted by molar-refractivity contribution is 0.0944. The highest BCUT2D eigenvalue weighted by Gasteiger charge is 2.36. The predicted octanol–water partition coefficient (Wildman–Crippen LogP) is 3.70. The fourth-order valence-corrected chi connectivity index (χ4v) is 5.66. The molecule has 5 rings (SSSR count). The molecular weight excluding hydrogens is 410 g/mol. The molecule has 0 saturated heterocycles. The molecule has 6 heteroatoms. The van der Waals surface area contributed by atoms with Crippen LogP contribution in [0.25, 0.3) is 0 Å². The van der Waals surface area contributed by atoms with Gasteiger partial charge >= 0.3 is 0 Å². The first-order chi connectivity index (χ1) is 16.1. The minimum absolute atomic E-state index is 0.0964. The van der Waals surface area contributed by atoms with Gasteiger partial charge in [0.1, 0.15) is 0 Å². The lowest BCUT2D eigenvalue weighted by Gasteiger charge is -2.33. The molecule has 0 spiro atoms. The van der Waals surface area contributed by atoms with Gasteiger partial charge in [0.05, 0.1) is 0 Å². The fourth-order valence-electron chi connectivity index (χ4n) is 5.66. The van der Waals surface area contributed by atoms with Crippen molar-refractivity contribution in [2.75, 3.05) is 6.54 Å². The molecule has 1 fully saturated rings. The molecule has 172 valence electrons. The van der Waals surface area contributed by atoms with Crippen molar-refractivity contribution in [1.29, 1.82) is 0 Å². The molecule has 1 aromatic carbocycles. The van der Waals surface area contributed by atoms with Crippen LogP contribution >= 0.6 is 0 Å². The summed E-state index contributed by atoms with van der Waals surface area (Å²) in [5.41, 5.74) is 5.61. The highest BCUT2D eigenvalue weighted by atomic mass is 16.1. The molecule has 33 heavy (non-hydrogen) atoms. The Balaban J connectivity index is 1.27. The number of pyridine rings is 1. The SMILES string of the molecule is Cn1nc(C(=O)NCc2ccncc2)c2c1CCC(NCC1(c3ccccc3)CCCC1)C2. The van der Waals surface area contributed by atoms with E-state index in [0.717, 1.165) is 36.9 Å². The Labute approximate surface area is 195 Å². The van der Waals surface area contributed by atoms with Crippen LogP contribution in [0.1, 0.15) is 65.0 Å². The molecule has 2 aliphatic rings. The molecule has 2 heterocycles. The van der Waals surface area contributed by atoms with Gasteiger partial charge in [-0.25, -0.2) is 0 Å². The van der Waals surface area contributed by atoms with Crippen LogP contribution in [0.3, 0.4) is 0 Å². The third kappa shape index (κ3) is 4.58. The van der Waals surface area contributed by atoms with Crippen molar-refractivity contribution < 1.29 is 4.79 Å². The van der Waals surface area contributed by atoms with Gasteiger partial charge < -0.3 is 10.6 Å². The van der Waals surface area contributed by atoms with Crippen LogP contribution in [-0.4, -0.2) is 33.3 Å². The van der Waals surface area contributed by atoms with E-state index in [1.165, 1.54) is 36.9 Å². The monoisotopic (exact) mass is 443 g/mol. The molecule has 1 saturated carbocycles. The summed E-state index contributed by atoms with van der Waals surface area (Å²) in [7, 11) is 1.95. The van der Waals surface area contributed by atoms with Gasteiger partial charge in [-0.05, 0) is 55.4 Å². The van der Waals surface area contributed by atoms with E-state index in [2.05, 4.69) is 51.0 Å². The number of hydrogen-bond donors (Lipinski definition) is 2. The first-order valence-corrected chi connectivity index (χ1v) is 12.2. The van der Waals surface area contributed by atoms with Crippen molar-refractivity contribution >= 4 is 5.91 Å². The number of hydrogen-bond acceptors (Lipinski definition) is 4. The Hall–Kier alpha value is -2.99. The van der Waals surface area contributed by atoms with Crippen molar-refractivity contribution in [3.05, 3.63) is 82.9 Å². The van der Waals surface area contributed by atoms with E-state index < -0.39 is 0 Å². The van der Waals surface area contributed by atoms with Crippen LogP contribution in [0.2, 0.25) is 0 Å². The van der Waals surface area contributed by atoms with Crippen molar-refractivity contribution in [3.63, 3.8) is 0 Å². The third-order valence-electron chi connectivity index (χ3n) is 7.55. The van der Waals surface area contributed by atoms with Crippen LogP contribution in [0.4, 0.5) is 0 Å². The number of aromatic nitrogens is 3. The van der Waals surface area contributed by atoms with Gasteiger partial charge in [-0.1, -0.05) is 43.2 Å². The van der Waals surface area contributed by atoms with Gasteiger partial charge in [-0.3, -0.25) is 14.5 Å². The number of carbonyl (C=O) groups excluding carboxylic acids is 1. The summed E-state index contributed by atoms with van der Waals surface area (Å²) in [6.07, 6.45) is 11.5. The Morgan fingerprint density at radius 3 is 2.64 bits per heavy atom. The smallest absolute Gasteiger partial charge is 0.272 e. The maximum Gasteiger partial charge on any atom is 0.272 e. The van der Waals surface area contributed by atoms with Crippen molar-refractivity contribution in [3.8, 4) is 0 Å². The lowest BCUT2D eigenvalue weighted by Crippen LogP contribution is -2.43. The zero-order chi connectivity index (χ0) is 22.7. The summed E-state index contributed by atoms with van der Waals surface area (Å²) < 4.78 is 1.90. The standard InChI is InChI=1S/C27H33N5O/c1-32-24-10-9-22(30-19-27(13-5-6-14-27)21-7-3-2-4-8-21)17-23(24)25(31-32)26(33)29-18-20-11-15-28-16-12-20/h2-4,7-8,11-12,15-16,22,30H,5-6,9-10,13-14,17-19H2,1H3,(H,29,33). The molecule has 2 aliphatic carbocycles. The summed E-state index contributed by atoms with van der Waals surface area (Å²) in [5, 5.41) is 11.5. The van der Waals surface area contributed by atoms with Crippen LogP contribution in [0.15, 0.2) is 54.9 Å². The average molecular weight is 444 g/mol. The maximum absolute atomic E-state index is 13.0. The van der Waals surface area contributed by atoms with E-state index >= 15 is 0 Å². The van der Waals surface area contributed by atoms with Crippen LogP contribution in [0.5, 0.6) is 0 Å². The Kier molecular flexibility index (Phi) is 6.27. The van der Waals surface area contributed by atoms with Crippen molar-refractivity contribution in [2.24, 2.45) is 7.05 Å². The first-order valence-electron chi connectivity index (χ1n) is 12.2. The summed E-state index contributed by atoms with van der Waals surface area (Å²) in [5.74, 6) is -0.0964. The Bertz CT molecular complexity index is 1090. The highest BCUT2D eigenvalue weighted by Crippen LogP contribution is 2.40. The number of amides is 1. The fraction of sp³-hybridized carbons (Fsp3) is 0.444. The summed E-state index contributed by atoms with van der Waals surface area (Å²) >= 11 is 0. The van der Waals surface area contributed by atoms with Crippen LogP contribution in [-0.2, 0) is 31.8 Å². The molecule has 0 bridgehead atoms. The second-order valence-electron chi connectivity index (χ2n) is 9.61. The van der Waals surface area contributed by atoms with E-state index in [1.807, 2.05) is 23.9 Å². The average Bonchev–Trinajstić information content (AvgIpc) is 3.48. The molecule has 1 unspecified atom stereocenters. The second kappa shape index (κ2) is 9.48. The molecule has 1 amide bonds. The van der Waals surface area contributed by atoms with Crippen molar-refractivity contribution in [1.82, 2.24) is 25.4 Å². The molecule has 0 aliphatic heterocycles. The third-order valence-corrected chi connectivity index (χ3v) is 7.55. The molecule has 6 nitrogen and oxygen atoms in total. The molecule has 2 N–H and O–H groups in total. The van der Waals surface area contributed by atoms with E-state index in [1.54, 1.807) is 12.4 Å². The van der Waals surface area contributed by atoms with E-state index in [9.17, 15) is 4.79 Å². The zero-order valence-electron chi connectivity index (χ0n) is 19.4. The Morgan fingerprint density at radius 1 is 1.12 bits per heavy atom. The van der Waals surface area contributed by atoms with Gasteiger partial charge in [0.25, 0.3) is 5.91 Å². The van der Waals surface area contributed by atoms with E-state index in [-0.39, 0.29) is 11.3 Å². The number of carbonyl (C=O) groups is 1. The molecule has 3 aromatic rings. The summed E-state index contributed by atoms with van der Waals surface area (Å²) in [4.78, 5) is 17.0. The highest BCUT2D eigenvalue weighted by molar-refractivity contribution is 5.94. The topological polar surface area (TPSA) is 71.8 Å². The largest absolute Gasteiger partial charge is 0.347 e. The minimum atomic E-state index is -0.0964. The maximum atomic E-state index is 13.0. The quantitative estimate of drug-likeness (QED) is 0.584. The van der Waals surface area contributed by atoms with Gasteiger partial charge in [0.2, 0.25) is 0 Å². The predicted molar refractivity (Wildman–Crippen MR) is 129 cm³/mol. The summed E-state index contributed by atoms with van der Waals surface area (Å²) in [6, 6.07) is 15.2. The molecule has 1 atom stereocenters. The van der Waals surface area contributed by atoms with Crippen LogP contribution < -0.4 is 10.6 Å². The van der Waals surface area contributed by atoms with Crippen LogP contribution in [0, 0.1) is 0 Å². The lowest BCUT2D eigenvalue weighted by atomic mass is 9.78. The first kappa shape index (κ1) is 21.8. The number of rotatable bonds is 7. The number of benzene rings is 1. The molecule has 0 radical (unpaired) electrons. The second-order valence-corrected chi connectivity index (χ2v) is 9.61. The van der Waals surface area contributed by atoms with Gasteiger partial charge in [-0.15, -0.1) is 0 Å². The van der Waals surface area contributed by atoms with E-state index in [4.69, 9.17) is 0 Å². The number of nitrogens with one attached hydrogen (secondary N) is 2. The van der Waals surface area contributed by atoms with Gasteiger partial charge in [0, 0.05) is 55.2 Å². The number of nitrogens with zero attached hydrogens (tertiary/aromatic N) is 3. The Morgan fingerprint density at radius 2 is 1.88 bits per heavy atom. The van der Waals surface area contributed by atoms with Gasteiger partial charge in [-0.2, -0.15) is 5.10 Å². The summed E-state index contributed by atoms with van der Waals surface area (Å²) in [6.45, 7) is 1.48. The number of aryl methyl sites for hydroxylation is 1.